The van der Waals surface area contributed by atoms with Gasteiger partial charge < -0.3 is 10.2 Å². The number of benzene rings is 2. The van der Waals surface area contributed by atoms with Crippen molar-refractivity contribution in [2.24, 2.45) is 0 Å². The van der Waals surface area contributed by atoms with Gasteiger partial charge in [0.25, 0.3) is 0 Å². The molecule has 0 spiro atoms. The molecule has 0 bridgehead atoms. The van der Waals surface area contributed by atoms with Crippen molar-refractivity contribution in [3.63, 3.8) is 0 Å². The second-order valence-electron chi connectivity index (χ2n) is 4.86. The van der Waals surface area contributed by atoms with E-state index in [1.807, 2.05) is 13.1 Å². The highest BCUT2D eigenvalue weighted by Gasteiger charge is 2.01. The molecule has 0 radical (unpaired) electrons. The molecule has 1 N–H and O–H groups in total. The number of hydrogen-bond donors (Lipinski definition) is 1. The number of nitrogens with one attached hydrogen (secondary N) is 1. The second-order valence-corrected chi connectivity index (χ2v) is 4.86. The standard InChI is InChI=1S/C17H22N2/c1-18-13-12-15-8-10-16(11-9-15)14-19(2)17-6-4-3-5-7-17/h3-11,18H,12-14H2,1-2H3. The van der Waals surface area contributed by atoms with Gasteiger partial charge in [-0.25, -0.2) is 0 Å². The van der Waals surface area contributed by atoms with Gasteiger partial charge in [-0.15, -0.1) is 0 Å². The Bertz CT molecular complexity index is 476. The number of likely N-dealkylation sites (N-methyl/N-ethyl adjacent to an activating group) is 1. The molecule has 0 unspecified atom stereocenters. The average Bonchev–Trinajstić information content (AvgIpc) is 2.47. The summed E-state index contributed by atoms with van der Waals surface area (Å²) in [6.07, 6.45) is 1.09. The van der Waals surface area contributed by atoms with Gasteiger partial charge in [-0.2, -0.15) is 0 Å². The van der Waals surface area contributed by atoms with Crippen LogP contribution in [-0.2, 0) is 13.0 Å². The van der Waals surface area contributed by atoms with Crippen LogP contribution in [0, 0.1) is 0 Å². The summed E-state index contributed by atoms with van der Waals surface area (Å²) in [5, 5.41) is 3.18. The third-order valence-electron chi connectivity index (χ3n) is 3.30. The van der Waals surface area contributed by atoms with E-state index in [0.717, 1.165) is 19.5 Å². The summed E-state index contributed by atoms with van der Waals surface area (Å²) in [7, 11) is 4.12. The van der Waals surface area contributed by atoms with Gasteiger partial charge in [0.2, 0.25) is 0 Å². The molecule has 0 amide bonds. The number of nitrogens with zero attached hydrogens (tertiary/aromatic N) is 1. The first kappa shape index (κ1) is 13.6. The Hall–Kier alpha value is -1.80. The van der Waals surface area contributed by atoms with Gasteiger partial charge in [0.05, 0.1) is 0 Å². The van der Waals surface area contributed by atoms with E-state index in [4.69, 9.17) is 0 Å². The minimum absolute atomic E-state index is 0.941. The molecule has 0 aromatic heterocycles. The third kappa shape index (κ3) is 4.11. The molecular weight excluding hydrogens is 232 g/mol. The van der Waals surface area contributed by atoms with E-state index in [1.165, 1.54) is 16.8 Å². The normalized spacial score (nSPS) is 10.4. The highest BCUT2D eigenvalue weighted by atomic mass is 15.1. The van der Waals surface area contributed by atoms with Crippen LogP contribution in [0.25, 0.3) is 0 Å². The quantitative estimate of drug-likeness (QED) is 0.852. The second kappa shape index (κ2) is 6.95. The Kier molecular flexibility index (Phi) is 4.99. The molecule has 2 rings (SSSR count). The van der Waals surface area contributed by atoms with Gasteiger partial charge >= 0.3 is 0 Å². The molecule has 19 heavy (non-hydrogen) atoms. The fraction of sp³-hybridized carbons (Fsp3) is 0.294. The van der Waals surface area contributed by atoms with Crippen LogP contribution in [0.4, 0.5) is 5.69 Å². The zero-order valence-corrected chi connectivity index (χ0v) is 11.8. The molecule has 100 valence electrons. The lowest BCUT2D eigenvalue weighted by molar-refractivity contribution is 0.791. The summed E-state index contributed by atoms with van der Waals surface area (Å²) < 4.78 is 0. The molecule has 2 aromatic carbocycles. The van der Waals surface area contributed by atoms with Crippen LogP contribution in [0.3, 0.4) is 0 Å². The Labute approximate surface area is 116 Å². The van der Waals surface area contributed by atoms with E-state index in [9.17, 15) is 0 Å². The monoisotopic (exact) mass is 254 g/mol. The summed E-state index contributed by atoms with van der Waals surface area (Å²) in [6.45, 7) is 1.97. The molecule has 2 heteroatoms. The summed E-state index contributed by atoms with van der Waals surface area (Å²) in [6, 6.07) is 19.4. The molecule has 2 nitrogen and oxygen atoms in total. The van der Waals surface area contributed by atoms with Crippen molar-refractivity contribution in [2.45, 2.75) is 13.0 Å². The summed E-state index contributed by atoms with van der Waals surface area (Å²) >= 11 is 0. The Morgan fingerprint density at radius 2 is 1.53 bits per heavy atom. The minimum atomic E-state index is 0.941. The Morgan fingerprint density at radius 1 is 0.895 bits per heavy atom. The molecule has 0 saturated carbocycles. The maximum absolute atomic E-state index is 3.18. The van der Waals surface area contributed by atoms with Crippen molar-refractivity contribution in [1.82, 2.24) is 5.32 Å². The smallest absolute Gasteiger partial charge is 0.0426 e. The molecule has 0 atom stereocenters. The first-order valence-corrected chi connectivity index (χ1v) is 6.78. The lowest BCUT2D eigenvalue weighted by Gasteiger charge is -2.19. The molecule has 2 aromatic rings. The van der Waals surface area contributed by atoms with Crippen LogP contribution in [0.2, 0.25) is 0 Å². The number of para-hydroxylation sites is 1. The van der Waals surface area contributed by atoms with Crippen molar-refractivity contribution in [3.05, 3.63) is 65.7 Å². The molecule has 0 aliphatic heterocycles. The highest BCUT2D eigenvalue weighted by Crippen LogP contribution is 2.15. The molecule has 0 aliphatic rings. The largest absolute Gasteiger partial charge is 0.370 e. The van der Waals surface area contributed by atoms with Crippen LogP contribution >= 0.6 is 0 Å². The molecule has 0 saturated heterocycles. The fourth-order valence-corrected chi connectivity index (χ4v) is 2.13. The molecular formula is C17H22N2. The number of anilines is 1. The van der Waals surface area contributed by atoms with Gasteiger partial charge in [-0.1, -0.05) is 42.5 Å². The van der Waals surface area contributed by atoms with E-state index in [2.05, 4.69) is 65.8 Å². The number of hydrogen-bond acceptors (Lipinski definition) is 2. The van der Waals surface area contributed by atoms with Crippen LogP contribution in [0.1, 0.15) is 11.1 Å². The van der Waals surface area contributed by atoms with Gasteiger partial charge in [-0.05, 0) is 43.3 Å². The fourth-order valence-electron chi connectivity index (χ4n) is 2.13. The number of rotatable bonds is 6. The lowest BCUT2D eigenvalue weighted by Crippen LogP contribution is -2.16. The zero-order valence-electron chi connectivity index (χ0n) is 11.8. The maximum atomic E-state index is 3.18. The highest BCUT2D eigenvalue weighted by molar-refractivity contribution is 5.45. The van der Waals surface area contributed by atoms with Crippen molar-refractivity contribution >= 4 is 5.69 Å². The van der Waals surface area contributed by atoms with Gasteiger partial charge in [0.15, 0.2) is 0 Å². The van der Waals surface area contributed by atoms with E-state index in [0.29, 0.717) is 0 Å². The summed E-state index contributed by atoms with van der Waals surface area (Å²) in [5.41, 5.74) is 3.99. The SMILES string of the molecule is CNCCc1ccc(CN(C)c2ccccc2)cc1. The van der Waals surface area contributed by atoms with E-state index in [-0.39, 0.29) is 0 Å². The van der Waals surface area contributed by atoms with Crippen molar-refractivity contribution in [1.29, 1.82) is 0 Å². The Balaban J connectivity index is 1.96. The summed E-state index contributed by atoms with van der Waals surface area (Å²) in [5.74, 6) is 0. The minimum Gasteiger partial charge on any atom is -0.370 e. The van der Waals surface area contributed by atoms with Gasteiger partial charge in [0, 0.05) is 19.3 Å². The Morgan fingerprint density at radius 3 is 2.16 bits per heavy atom. The van der Waals surface area contributed by atoms with Crippen molar-refractivity contribution < 1.29 is 0 Å². The van der Waals surface area contributed by atoms with Crippen LogP contribution in [-0.4, -0.2) is 20.6 Å². The van der Waals surface area contributed by atoms with Gasteiger partial charge in [-0.3, -0.25) is 0 Å². The lowest BCUT2D eigenvalue weighted by atomic mass is 10.1. The van der Waals surface area contributed by atoms with E-state index in [1.54, 1.807) is 0 Å². The topological polar surface area (TPSA) is 15.3 Å². The maximum Gasteiger partial charge on any atom is 0.0426 e. The van der Waals surface area contributed by atoms with E-state index < -0.39 is 0 Å². The van der Waals surface area contributed by atoms with E-state index >= 15 is 0 Å². The molecule has 0 heterocycles. The van der Waals surface area contributed by atoms with Gasteiger partial charge in [0.1, 0.15) is 0 Å². The molecule has 0 aliphatic carbocycles. The average molecular weight is 254 g/mol. The van der Waals surface area contributed by atoms with Crippen LogP contribution < -0.4 is 10.2 Å². The predicted molar refractivity (Wildman–Crippen MR) is 82.6 cm³/mol. The first-order valence-electron chi connectivity index (χ1n) is 6.78. The third-order valence-corrected chi connectivity index (χ3v) is 3.30. The first-order chi connectivity index (χ1) is 9.29. The van der Waals surface area contributed by atoms with Crippen LogP contribution in [0.5, 0.6) is 0 Å². The van der Waals surface area contributed by atoms with Crippen LogP contribution in [0.15, 0.2) is 54.6 Å². The summed E-state index contributed by atoms with van der Waals surface area (Å²) in [4.78, 5) is 2.27. The molecule has 0 fully saturated rings. The van der Waals surface area contributed by atoms with Crippen molar-refractivity contribution in [3.8, 4) is 0 Å². The predicted octanol–water partition coefficient (Wildman–Crippen LogP) is 3.08. The zero-order chi connectivity index (χ0) is 13.5. The van der Waals surface area contributed by atoms with Crippen molar-refractivity contribution in [2.75, 3.05) is 25.5 Å².